The van der Waals surface area contributed by atoms with Crippen LogP contribution < -0.4 is 16.4 Å². The average molecular weight is 475 g/mol. The summed E-state index contributed by atoms with van der Waals surface area (Å²) in [5, 5.41) is 6.08. The van der Waals surface area contributed by atoms with Gasteiger partial charge in [0.05, 0.1) is 17.4 Å². The molecule has 178 valence electrons. The summed E-state index contributed by atoms with van der Waals surface area (Å²) in [6.45, 7) is 2.70. The number of sulfonamides is 1. The number of hydrogen-bond acceptors (Lipinski definition) is 6. The summed E-state index contributed by atoms with van der Waals surface area (Å²) in [5.41, 5.74) is 6.19. The number of carbonyl (C=O) groups excluding carboxylic acids is 2. The van der Waals surface area contributed by atoms with Gasteiger partial charge < -0.3 is 20.8 Å². The number of amides is 2. The highest BCUT2D eigenvalue weighted by Gasteiger charge is 2.33. The Labute approximate surface area is 193 Å². The molecular weight excluding hydrogens is 444 g/mol. The molecule has 1 aromatic heterocycles. The van der Waals surface area contributed by atoms with Gasteiger partial charge in [-0.15, -0.1) is 0 Å². The average Bonchev–Trinajstić information content (AvgIpc) is 3.51. The van der Waals surface area contributed by atoms with Crippen LogP contribution in [0.25, 0.3) is 0 Å². The lowest BCUT2D eigenvalue weighted by atomic mass is 9.99. The molecule has 0 spiro atoms. The number of rotatable bonds is 9. The third-order valence-electron chi connectivity index (χ3n) is 6.04. The van der Waals surface area contributed by atoms with Gasteiger partial charge in [0.25, 0.3) is 5.91 Å². The maximum absolute atomic E-state index is 13.4. The lowest BCUT2D eigenvalue weighted by Gasteiger charge is -2.30. The van der Waals surface area contributed by atoms with Gasteiger partial charge in [-0.1, -0.05) is 6.92 Å². The fraction of sp³-hybridized carbons (Fsp3) is 0.478. The summed E-state index contributed by atoms with van der Waals surface area (Å²) in [4.78, 5) is 24.4. The maximum atomic E-state index is 13.4. The topological polar surface area (TPSA) is 135 Å². The zero-order chi connectivity index (χ0) is 23.6. The second-order valence-electron chi connectivity index (χ2n) is 8.67. The summed E-state index contributed by atoms with van der Waals surface area (Å²) in [7, 11) is -3.92. The molecule has 2 aliphatic rings. The van der Waals surface area contributed by atoms with Crippen molar-refractivity contribution < 1.29 is 22.4 Å². The van der Waals surface area contributed by atoms with E-state index < -0.39 is 21.8 Å². The van der Waals surface area contributed by atoms with Gasteiger partial charge in [-0.2, -0.15) is 4.31 Å². The molecular formula is C23H30N4O5S. The van der Waals surface area contributed by atoms with E-state index in [1.165, 1.54) is 16.4 Å². The van der Waals surface area contributed by atoms with Crippen LogP contribution in [0.15, 0.2) is 39.6 Å². The third kappa shape index (κ3) is 5.56. The Bertz CT molecular complexity index is 1140. The summed E-state index contributed by atoms with van der Waals surface area (Å²) < 4.78 is 33.9. The molecule has 1 saturated carbocycles. The smallest absolute Gasteiger partial charge is 0.251 e. The van der Waals surface area contributed by atoms with E-state index in [1.807, 2.05) is 19.1 Å². The highest BCUT2D eigenvalue weighted by molar-refractivity contribution is 7.89. The minimum absolute atomic E-state index is 0.00672. The molecule has 2 heterocycles. The number of aryl methyl sites for hydroxylation is 1. The molecule has 2 fully saturated rings. The predicted octanol–water partition coefficient (Wildman–Crippen LogP) is 2.23. The third-order valence-corrected chi connectivity index (χ3v) is 7.88. The molecule has 1 saturated heterocycles. The highest BCUT2D eigenvalue weighted by Crippen LogP contribution is 2.28. The monoisotopic (exact) mass is 474 g/mol. The molecule has 33 heavy (non-hydrogen) atoms. The zero-order valence-electron chi connectivity index (χ0n) is 18.7. The molecule has 4 N–H and O–H groups in total. The van der Waals surface area contributed by atoms with Crippen LogP contribution in [0.5, 0.6) is 0 Å². The van der Waals surface area contributed by atoms with Gasteiger partial charge in [0.15, 0.2) is 0 Å². The van der Waals surface area contributed by atoms with Crippen LogP contribution >= 0.6 is 0 Å². The van der Waals surface area contributed by atoms with Crippen LogP contribution in [0, 0.1) is 5.92 Å². The summed E-state index contributed by atoms with van der Waals surface area (Å²) in [5.74, 6) is 0.252. The number of nitrogens with one attached hydrogen (secondary N) is 2. The van der Waals surface area contributed by atoms with Crippen LogP contribution in [0.3, 0.4) is 0 Å². The molecule has 2 amide bonds. The molecule has 0 bridgehead atoms. The van der Waals surface area contributed by atoms with Crippen LogP contribution in [0.4, 0.5) is 5.69 Å². The number of nitrogens with zero attached hydrogens (tertiary/aromatic N) is 1. The first-order valence-electron chi connectivity index (χ1n) is 11.3. The summed E-state index contributed by atoms with van der Waals surface area (Å²) in [6.07, 6.45) is 3.76. The summed E-state index contributed by atoms with van der Waals surface area (Å²) in [6, 6.07) is 8.46. The van der Waals surface area contributed by atoms with Gasteiger partial charge in [0, 0.05) is 36.8 Å². The number of piperidine rings is 1. The Morgan fingerprint density at radius 3 is 2.58 bits per heavy atom. The first-order valence-corrected chi connectivity index (χ1v) is 12.8. The fourth-order valence-electron chi connectivity index (χ4n) is 3.92. The lowest BCUT2D eigenvalue weighted by Crippen LogP contribution is -2.44. The van der Waals surface area contributed by atoms with Crippen LogP contribution in [-0.2, 0) is 27.8 Å². The number of nitrogens with two attached hydrogens (primary N) is 1. The second-order valence-corrected chi connectivity index (χ2v) is 10.6. The van der Waals surface area contributed by atoms with E-state index in [0.717, 1.165) is 25.0 Å². The molecule has 1 aliphatic carbocycles. The van der Waals surface area contributed by atoms with Crippen LogP contribution in [0.2, 0.25) is 0 Å². The predicted molar refractivity (Wildman–Crippen MR) is 123 cm³/mol. The lowest BCUT2D eigenvalue weighted by molar-refractivity contribution is -0.122. The molecule has 10 heteroatoms. The number of furan rings is 1. The van der Waals surface area contributed by atoms with E-state index in [2.05, 4.69) is 10.6 Å². The Hall–Kier alpha value is -2.85. The highest BCUT2D eigenvalue weighted by atomic mass is 32.2. The quantitative estimate of drug-likeness (QED) is 0.510. The van der Waals surface area contributed by atoms with Gasteiger partial charge in [0.1, 0.15) is 11.5 Å². The van der Waals surface area contributed by atoms with Crippen molar-refractivity contribution in [3.05, 3.63) is 47.4 Å². The van der Waals surface area contributed by atoms with E-state index in [4.69, 9.17) is 10.2 Å². The normalized spacial score (nSPS) is 19.2. The first-order chi connectivity index (χ1) is 15.8. The van der Waals surface area contributed by atoms with Crippen molar-refractivity contribution in [2.24, 2.45) is 11.7 Å². The largest absolute Gasteiger partial charge is 0.464 e. The van der Waals surface area contributed by atoms with E-state index >= 15 is 0 Å². The molecule has 4 rings (SSSR count). The van der Waals surface area contributed by atoms with Gasteiger partial charge in [-0.3, -0.25) is 9.59 Å². The molecule has 1 unspecified atom stereocenters. The number of carbonyl (C=O) groups is 2. The molecule has 9 nitrogen and oxygen atoms in total. The van der Waals surface area contributed by atoms with Gasteiger partial charge in [0.2, 0.25) is 15.9 Å². The van der Waals surface area contributed by atoms with Gasteiger partial charge in [-0.05, 0) is 56.0 Å². The van der Waals surface area contributed by atoms with E-state index in [-0.39, 0.29) is 29.0 Å². The van der Waals surface area contributed by atoms with E-state index in [0.29, 0.717) is 37.4 Å². The van der Waals surface area contributed by atoms with E-state index in [1.54, 1.807) is 6.07 Å². The standard InChI is InChI=1S/C23H30N4O5S/c1-2-19-7-8-20(32-19)13-25-18-10-16(23(29)26-17-5-6-17)11-21(12-18)33(30,31)27-9-3-4-15(14-27)22(24)28/h7-8,10-12,15,17,25H,2-6,9,13-14H2,1H3,(H2,24,28)(H,26,29). The van der Waals surface area contributed by atoms with Crippen molar-refractivity contribution in [1.82, 2.24) is 9.62 Å². The Kier molecular flexibility index (Phi) is 6.76. The molecule has 1 aliphatic heterocycles. The van der Waals surface area contributed by atoms with Crippen molar-refractivity contribution >= 4 is 27.5 Å². The number of hydrogen-bond donors (Lipinski definition) is 3. The fourth-order valence-corrected chi connectivity index (χ4v) is 5.51. The number of primary amides is 1. The van der Waals surface area contributed by atoms with Gasteiger partial charge in [-0.25, -0.2) is 8.42 Å². The maximum Gasteiger partial charge on any atom is 0.251 e. The molecule has 0 radical (unpaired) electrons. The van der Waals surface area contributed by atoms with Crippen LogP contribution in [0.1, 0.15) is 54.5 Å². The zero-order valence-corrected chi connectivity index (χ0v) is 19.5. The van der Waals surface area contributed by atoms with Crippen molar-refractivity contribution in [1.29, 1.82) is 0 Å². The van der Waals surface area contributed by atoms with Crippen molar-refractivity contribution in [3.8, 4) is 0 Å². The molecule has 1 atom stereocenters. The molecule has 2 aromatic rings. The first kappa shape index (κ1) is 23.3. The van der Waals surface area contributed by atoms with E-state index in [9.17, 15) is 18.0 Å². The molecule has 1 aromatic carbocycles. The second kappa shape index (κ2) is 9.56. The van der Waals surface area contributed by atoms with Crippen LogP contribution in [-0.4, -0.2) is 43.7 Å². The van der Waals surface area contributed by atoms with Crippen molar-refractivity contribution in [2.75, 3.05) is 18.4 Å². The summed E-state index contributed by atoms with van der Waals surface area (Å²) >= 11 is 0. The van der Waals surface area contributed by atoms with Crippen molar-refractivity contribution in [3.63, 3.8) is 0 Å². The SMILES string of the molecule is CCc1ccc(CNc2cc(C(=O)NC3CC3)cc(S(=O)(=O)N3CCCC(C(N)=O)C3)c2)o1. The Balaban J connectivity index is 1.61. The minimum Gasteiger partial charge on any atom is -0.464 e. The minimum atomic E-state index is -3.92. The van der Waals surface area contributed by atoms with Gasteiger partial charge >= 0.3 is 0 Å². The van der Waals surface area contributed by atoms with Crippen molar-refractivity contribution in [2.45, 2.75) is 56.5 Å². The number of anilines is 1. The number of benzene rings is 1. The Morgan fingerprint density at radius 1 is 1.15 bits per heavy atom. The Morgan fingerprint density at radius 2 is 1.91 bits per heavy atom.